The number of carbonyl (C=O) groups excluding carboxylic acids is 2. The number of carbonyl (C=O) groups is 2. The van der Waals surface area contributed by atoms with Gasteiger partial charge in [0.2, 0.25) is 0 Å². The summed E-state index contributed by atoms with van der Waals surface area (Å²) in [7, 11) is 12.4. The van der Waals surface area contributed by atoms with Gasteiger partial charge in [0, 0.05) is 0 Å². The zero-order valence-electron chi connectivity index (χ0n) is 15.7. The predicted molar refractivity (Wildman–Crippen MR) is 115 cm³/mol. The number of hydrogen-bond donors (Lipinski definition) is 0. The zero-order valence-corrected chi connectivity index (χ0v) is 18.9. The van der Waals surface area contributed by atoms with Gasteiger partial charge in [-0.2, -0.15) is 0 Å². The summed E-state index contributed by atoms with van der Waals surface area (Å²) in [5.74, 6) is 0.380. The second-order valence-corrected chi connectivity index (χ2v) is 13.3. The number of benzene rings is 2. The Labute approximate surface area is 183 Å². The Hall–Kier alpha value is -1.61. The summed E-state index contributed by atoms with van der Waals surface area (Å²) >= 11 is -1.94. The van der Waals surface area contributed by atoms with Crippen molar-refractivity contribution in [2.45, 2.75) is 12.8 Å². The van der Waals surface area contributed by atoms with Crippen LogP contribution in [0.1, 0.15) is 39.1 Å². The molecule has 0 radical (unpaired) electrons. The third-order valence-electron chi connectivity index (χ3n) is 5.68. The van der Waals surface area contributed by atoms with Gasteiger partial charge in [-0.05, 0) is 0 Å². The standard InChI is InChI=1S/C23H21NO2.2ClH.Ru/c1-16-13-18(12-11-17-7-3-2-4-8-17)14-19(16)15-24-22(25)20-9-5-6-10-21(20)23(24)26;;;/h1-12,16,18-19H,13-15H2;2*1H;/q;;;+2/p-2/b12-11-;;;. The van der Waals surface area contributed by atoms with E-state index in [0.717, 1.165) is 12.8 Å². The zero-order chi connectivity index (χ0) is 20.4. The molecule has 0 N–H and O–H groups in total. The molecule has 2 aromatic rings. The Morgan fingerprint density at radius 3 is 2.17 bits per heavy atom. The van der Waals surface area contributed by atoms with E-state index in [2.05, 4.69) is 28.9 Å². The molecule has 0 spiro atoms. The maximum atomic E-state index is 12.8. The average molecular weight is 515 g/mol. The van der Waals surface area contributed by atoms with E-state index in [1.54, 1.807) is 24.3 Å². The molecule has 3 unspecified atom stereocenters. The van der Waals surface area contributed by atoms with Crippen LogP contribution in [-0.4, -0.2) is 27.9 Å². The fourth-order valence-corrected chi connectivity index (χ4v) is 6.90. The van der Waals surface area contributed by atoms with Crippen LogP contribution < -0.4 is 0 Å². The monoisotopic (exact) mass is 515 g/mol. The van der Waals surface area contributed by atoms with Gasteiger partial charge in [-0.15, -0.1) is 0 Å². The second-order valence-electron chi connectivity index (χ2n) is 7.51. The van der Waals surface area contributed by atoms with E-state index in [1.807, 2.05) is 18.2 Å². The molecule has 1 saturated carbocycles. The molecule has 3 atom stereocenters. The van der Waals surface area contributed by atoms with Gasteiger partial charge in [0.05, 0.1) is 0 Å². The number of halogens is 2. The summed E-state index contributed by atoms with van der Waals surface area (Å²) < 4.78 is 2.08. The third-order valence-corrected chi connectivity index (χ3v) is 7.92. The molecule has 2 aliphatic rings. The Morgan fingerprint density at radius 1 is 0.931 bits per heavy atom. The maximum absolute atomic E-state index is 12.8. The van der Waals surface area contributed by atoms with Crippen molar-refractivity contribution >= 4 is 41.9 Å². The molecule has 29 heavy (non-hydrogen) atoms. The van der Waals surface area contributed by atoms with E-state index in [9.17, 15) is 9.59 Å². The van der Waals surface area contributed by atoms with Crippen molar-refractivity contribution in [3.05, 3.63) is 77.4 Å². The molecule has 4 rings (SSSR count). The van der Waals surface area contributed by atoms with Crippen molar-refractivity contribution in [1.29, 1.82) is 0 Å². The summed E-state index contributed by atoms with van der Waals surface area (Å²) in [5, 5.41) is 0. The first-order valence-corrected chi connectivity index (χ1v) is 15.0. The molecule has 0 saturated heterocycles. The van der Waals surface area contributed by atoms with Crippen LogP contribution in [0.5, 0.6) is 0 Å². The van der Waals surface area contributed by atoms with Crippen molar-refractivity contribution in [3.63, 3.8) is 0 Å². The Kier molecular flexibility index (Phi) is 6.44. The molecular weight excluding hydrogens is 494 g/mol. The quantitative estimate of drug-likeness (QED) is 0.397. The molecule has 1 aliphatic heterocycles. The first-order chi connectivity index (χ1) is 14.0. The third kappa shape index (κ3) is 4.61. The second kappa shape index (κ2) is 9.04. The minimum absolute atomic E-state index is 0.177. The number of nitrogens with zero attached hydrogens (tertiary/aromatic N) is 1. The van der Waals surface area contributed by atoms with Crippen LogP contribution in [0.15, 0.2) is 60.7 Å². The number of amides is 2. The van der Waals surface area contributed by atoms with Crippen LogP contribution >= 0.6 is 19.4 Å². The Morgan fingerprint density at radius 2 is 1.55 bits per heavy atom. The normalized spacial score (nSPS) is 24.3. The molecule has 2 amide bonds. The van der Waals surface area contributed by atoms with Crippen molar-refractivity contribution in [1.82, 2.24) is 4.90 Å². The summed E-state index contributed by atoms with van der Waals surface area (Å²) in [6.07, 6.45) is 6.23. The number of allylic oxidation sites excluding steroid dienone is 1. The molecule has 0 bridgehead atoms. The first kappa shape index (κ1) is 20.7. The van der Waals surface area contributed by atoms with Crippen LogP contribution in [-0.2, 0) is 13.5 Å². The SMILES string of the molecule is O=C1c2ccccc2C(=O)N1CC1CC(/C=C\c2ccccc2)CC1[CH]=[Ru]([Cl])[Cl]. The molecule has 0 aromatic heterocycles. The average Bonchev–Trinajstić information content (AvgIpc) is 3.21. The molecule has 152 valence electrons. The van der Waals surface area contributed by atoms with E-state index in [4.69, 9.17) is 19.4 Å². The van der Waals surface area contributed by atoms with Gasteiger partial charge in [-0.25, -0.2) is 0 Å². The van der Waals surface area contributed by atoms with Gasteiger partial charge in [-0.3, -0.25) is 0 Å². The Bertz CT molecular complexity index is 950. The van der Waals surface area contributed by atoms with Gasteiger partial charge >= 0.3 is 184 Å². The molecule has 1 heterocycles. The van der Waals surface area contributed by atoms with Crippen LogP contribution in [0.2, 0.25) is 0 Å². The topological polar surface area (TPSA) is 37.4 Å². The number of fused-ring (bicyclic) bond motifs is 1. The van der Waals surface area contributed by atoms with Gasteiger partial charge in [0.25, 0.3) is 0 Å². The summed E-state index contributed by atoms with van der Waals surface area (Å²) in [6.45, 7) is 0.415. The van der Waals surface area contributed by atoms with Crippen molar-refractivity contribution in [2.24, 2.45) is 17.8 Å². The van der Waals surface area contributed by atoms with E-state index in [1.165, 1.54) is 10.5 Å². The number of imide groups is 1. The van der Waals surface area contributed by atoms with Crippen LogP contribution in [0.25, 0.3) is 6.08 Å². The molecule has 2 aromatic carbocycles. The van der Waals surface area contributed by atoms with Gasteiger partial charge < -0.3 is 0 Å². The predicted octanol–water partition coefficient (Wildman–Crippen LogP) is 5.37. The first-order valence-electron chi connectivity index (χ1n) is 9.54. The summed E-state index contributed by atoms with van der Waals surface area (Å²) in [4.78, 5) is 26.9. The molecule has 1 aliphatic carbocycles. The fraction of sp³-hybridized carbons (Fsp3) is 0.261. The molecule has 1 fully saturated rings. The van der Waals surface area contributed by atoms with Gasteiger partial charge in [0.15, 0.2) is 0 Å². The summed E-state index contributed by atoms with van der Waals surface area (Å²) in [5.41, 5.74) is 2.16. The van der Waals surface area contributed by atoms with E-state index >= 15 is 0 Å². The Balaban J connectivity index is 1.51. The minimum atomic E-state index is -1.94. The van der Waals surface area contributed by atoms with Crippen molar-refractivity contribution in [2.75, 3.05) is 6.54 Å². The van der Waals surface area contributed by atoms with E-state index < -0.39 is 13.5 Å². The number of hydrogen-bond acceptors (Lipinski definition) is 2. The fourth-order valence-electron chi connectivity index (χ4n) is 4.28. The van der Waals surface area contributed by atoms with Gasteiger partial charge in [-0.1, -0.05) is 0 Å². The molecule has 6 heteroatoms. The van der Waals surface area contributed by atoms with Crippen LogP contribution in [0.3, 0.4) is 0 Å². The van der Waals surface area contributed by atoms with Crippen LogP contribution in [0.4, 0.5) is 0 Å². The van der Waals surface area contributed by atoms with Gasteiger partial charge in [0.1, 0.15) is 0 Å². The molecular formula is C23H21Cl2NO2Ru. The van der Waals surface area contributed by atoms with Crippen molar-refractivity contribution in [3.8, 4) is 0 Å². The van der Waals surface area contributed by atoms with E-state index in [0.29, 0.717) is 23.6 Å². The molecule has 3 nitrogen and oxygen atoms in total. The van der Waals surface area contributed by atoms with Crippen molar-refractivity contribution < 1.29 is 23.1 Å². The summed E-state index contributed by atoms with van der Waals surface area (Å²) in [6, 6.07) is 17.2. The van der Waals surface area contributed by atoms with Crippen LogP contribution in [0, 0.1) is 17.8 Å². The number of rotatable bonds is 5. The van der Waals surface area contributed by atoms with E-state index in [-0.39, 0.29) is 23.7 Å².